The summed E-state index contributed by atoms with van der Waals surface area (Å²) >= 11 is 14.6. The second kappa shape index (κ2) is 8.90. The molecule has 8 rings (SSSR count). The van der Waals surface area contributed by atoms with E-state index in [4.69, 9.17) is 32.7 Å². The van der Waals surface area contributed by atoms with Gasteiger partial charge in [-0.15, -0.1) is 11.3 Å². The molecule has 0 radical (unpaired) electrons. The standard InChI is InChI=1S/C29H25Cl2N3O3S/c30-19-14-32-15-20(31)23(19)24-18(25(37-34-24)16-1-2-16)5-6-28-7-10-29(11-8-28,12-9-28)27-33-21-4-3-17(26(35)36)13-22(21)38-27/h3-6,13-16H,1-2,7-12H2,(H,35,36). The van der Waals surface area contributed by atoms with E-state index in [9.17, 15) is 9.90 Å². The molecule has 4 saturated carbocycles. The molecule has 6 nitrogen and oxygen atoms in total. The fraction of sp³-hybridized carbons (Fsp3) is 0.379. The first-order valence-corrected chi connectivity index (χ1v) is 14.6. The number of carboxylic acids is 1. The van der Waals surface area contributed by atoms with E-state index in [1.165, 1.54) is 0 Å². The number of aromatic carboxylic acids is 1. The Labute approximate surface area is 233 Å². The predicted octanol–water partition coefficient (Wildman–Crippen LogP) is 8.53. The minimum absolute atomic E-state index is 0.0856. The van der Waals surface area contributed by atoms with Gasteiger partial charge < -0.3 is 9.63 Å². The van der Waals surface area contributed by atoms with Gasteiger partial charge in [-0.05, 0) is 75.0 Å². The highest BCUT2D eigenvalue weighted by molar-refractivity contribution is 7.18. The first kappa shape index (κ1) is 24.3. The summed E-state index contributed by atoms with van der Waals surface area (Å²) in [6.45, 7) is 0. The summed E-state index contributed by atoms with van der Waals surface area (Å²) in [6, 6.07) is 5.23. The Morgan fingerprint density at radius 3 is 2.45 bits per heavy atom. The Hall–Kier alpha value is -2.74. The largest absolute Gasteiger partial charge is 0.478 e. The number of allylic oxidation sites excluding steroid dienone is 1. The van der Waals surface area contributed by atoms with Crippen LogP contribution in [0.3, 0.4) is 0 Å². The van der Waals surface area contributed by atoms with Crippen molar-refractivity contribution in [3.05, 3.63) is 68.6 Å². The molecule has 0 unspecified atom stereocenters. The van der Waals surface area contributed by atoms with Gasteiger partial charge >= 0.3 is 5.97 Å². The smallest absolute Gasteiger partial charge is 0.335 e. The molecule has 0 aliphatic heterocycles. The normalized spacial score (nSPS) is 25.0. The molecule has 3 aromatic heterocycles. The van der Waals surface area contributed by atoms with Gasteiger partial charge in [-0.2, -0.15) is 0 Å². The minimum atomic E-state index is -0.902. The molecule has 0 amide bonds. The summed E-state index contributed by atoms with van der Waals surface area (Å²) in [5, 5.41) is 15.9. The molecule has 38 heavy (non-hydrogen) atoms. The predicted molar refractivity (Wildman–Crippen MR) is 149 cm³/mol. The second-order valence-electron chi connectivity index (χ2n) is 11.0. The average Bonchev–Trinajstić information content (AvgIpc) is 3.53. The minimum Gasteiger partial charge on any atom is -0.478 e. The van der Waals surface area contributed by atoms with Crippen LogP contribution < -0.4 is 0 Å². The topological polar surface area (TPSA) is 89.1 Å². The zero-order valence-electron chi connectivity index (χ0n) is 20.5. The molecule has 9 heteroatoms. The zero-order chi connectivity index (χ0) is 26.1. The van der Waals surface area contributed by atoms with Crippen molar-refractivity contribution in [1.29, 1.82) is 0 Å². The van der Waals surface area contributed by atoms with Crippen molar-refractivity contribution in [3.8, 4) is 11.3 Å². The van der Waals surface area contributed by atoms with Crippen LogP contribution in [-0.2, 0) is 5.41 Å². The van der Waals surface area contributed by atoms with Gasteiger partial charge in [0.25, 0.3) is 0 Å². The van der Waals surface area contributed by atoms with Gasteiger partial charge in [0.1, 0.15) is 11.5 Å². The highest BCUT2D eigenvalue weighted by Crippen LogP contribution is 2.59. The van der Waals surface area contributed by atoms with Gasteiger partial charge in [-0.25, -0.2) is 9.78 Å². The lowest BCUT2D eigenvalue weighted by Crippen LogP contribution is -2.43. The maximum Gasteiger partial charge on any atom is 0.335 e. The lowest BCUT2D eigenvalue weighted by Gasteiger charge is -2.51. The van der Waals surface area contributed by atoms with Gasteiger partial charge in [0, 0.05) is 34.9 Å². The van der Waals surface area contributed by atoms with Gasteiger partial charge in [-0.1, -0.05) is 40.5 Å². The molecule has 0 spiro atoms. The fourth-order valence-electron chi connectivity index (χ4n) is 6.26. The number of hydrogen-bond acceptors (Lipinski definition) is 6. The first-order valence-electron chi connectivity index (χ1n) is 13.0. The third-order valence-electron chi connectivity index (χ3n) is 8.79. The molecule has 1 N–H and O–H groups in total. The van der Waals surface area contributed by atoms with Crippen LogP contribution in [0.1, 0.15) is 84.0 Å². The fourth-order valence-corrected chi connectivity index (χ4v) is 8.08. The van der Waals surface area contributed by atoms with Gasteiger partial charge in [0.15, 0.2) is 0 Å². The Bertz CT molecular complexity index is 1580. The highest BCUT2D eigenvalue weighted by Gasteiger charge is 2.49. The molecule has 2 bridgehead atoms. The summed E-state index contributed by atoms with van der Waals surface area (Å²) in [7, 11) is 0. The summed E-state index contributed by atoms with van der Waals surface area (Å²) in [5.74, 6) is 0.424. The van der Waals surface area contributed by atoms with Crippen LogP contribution in [0.4, 0.5) is 0 Å². The van der Waals surface area contributed by atoms with Crippen molar-refractivity contribution >= 4 is 56.8 Å². The van der Waals surface area contributed by atoms with E-state index in [1.807, 2.05) is 6.07 Å². The van der Waals surface area contributed by atoms with Crippen molar-refractivity contribution in [2.45, 2.75) is 62.7 Å². The van der Waals surface area contributed by atoms with E-state index in [0.29, 0.717) is 32.8 Å². The first-order chi connectivity index (χ1) is 18.4. The lowest BCUT2D eigenvalue weighted by atomic mass is 9.54. The summed E-state index contributed by atoms with van der Waals surface area (Å²) < 4.78 is 6.80. The number of halogens is 2. The second-order valence-corrected chi connectivity index (χ2v) is 12.9. The third-order valence-corrected chi connectivity index (χ3v) is 10.6. The number of carboxylic acid groups (broad SMARTS) is 1. The van der Waals surface area contributed by atoms with Crippen molar-refractivity contribution < 1.29 is 14.4 Å². The van der Waals surface area contributed by atoms with E-state index in [2.05, 4.69) is 22.3 Å². The average molecular weight is 567 g/mol. The van der Waals surface area contributed by atoms with Crippen molar-refractivity contribution in [3.63, 3.8) is 0 Å². The molecule has 1 aromatic carbocycles. The number of benzene rings is 1. The van der Waals surface area contributed by atoms with Crippen LogP contribution in [0.25, 0.3) is 27.6 Å². The van der Waals surface area contributed by atoms with E-state index in [1.54, 1.807) is 35.9 Å². The maximum absolute atomic E-state index is 11.4. The van der Waals surface area contributed by atoms with Crippen LogP contribution in [0, 0.1) is 5.41 Å². The van der Waals surface area contributed by atoms with Crippen LogP contribution in [0.5, 0.6) is 0 Å². The molecule has 3 heterocycles. The number of hydrogen-bond donors (Lipinski definition) is 1. The Kier molecular flexibility index (Phi) is 5.69. The Morgan fingerprint density at radius 1 is 1.08 bits per heavy atom. The number of thiazole rings is 1. The zero-order valence-corrected chi connectivity index (χ0v) is 22.9. The van der Waals surface area contributed by atoms with Gasteiger partial charge in [-0.3, -0.25) is 4.98 Å². The number of nitrogens with zero attached hydrogens (tertiary/aromatic N) is 3. The number of rotatable bonds is 6. The van der Waals surface area contributed by atoms with E-state index in [0.717, 1.165) is 77.9 Å². The summed E-state index contributed by atoms with van der Waals surface area (Å²) in [6.07, 6.45) is 16.5. The quantitative estimate of drug-likeness (QED) is 0.252. The number of carbonyl (C=O) groups is 1. The third kappa shape index (κ3) is 3.98. The molecule has 0 saturated heterocycles. The van der Waals surface area contributed by atoms with Gasteiger partial charge in [0.05, 0.1) is 30.8 Å². The lowest BCUT2D eigenvalue weighted by molar-refractivity contribution is 0.0697. The SMILES string of the molecule is O=C(O)c1ccc2nc(C34CCC(C=Cc5c(-c6c(Cl)cncc6Cl)noc5C5CC5)(CC3)CC4)sc2c1. The van der Waals surface area contributed by atoms with E-state index >= 15 is 0 Å². The number of pyridine rings is 1. The summed E-state index contributed by atoms with van der Waals surface area (Å²) in [5.41, 5.74) is 3.78. The van der Waals surface area contributed by atoms with Gasteiger partial charge in [0.2, 0.25) is 0 Å². The van der Waals surface area contributed by atoms with E-state index < -0.39 is 5.97 Å². The number of aromatic nitrogens is 3. The Morgan fingerprint density at radius 2 is 1.79 bits per heavy atom. The van der Waals surface area contributed by atoms with Crippen molar-refractivity contribution in [2.24, 2.45) is 5.41 Å². The van der Waals surface area contributed by atoms with Crippen LogP contribution in [0.15, 0.2) is 41.2 Å². The highest BCUT2D eigenvalue weighted by atomic mass is 35.5. The summed E-state index contributed by atoms with van der Waals surface area (Å²) in [4.78, 5) is 20.5. The number of fused-ring (bicyclic) bond motifs is 4. The van der Waals surface area contributed by atoms with Crippen molar-refractivity contribution in [1.82, 2.24) is 15.1 Å². The van der Waals surface area contributed by atoms with Crippen molar-refractivity contribution in [2.75, 3.05) is 0 Å². The van der Waals surface area contributed by atoms with Crippen LogP contribution in [-0.4, -0.2) is 26.2 Å². The molecule has 0 atom stereocenters. The van der Waals surface area contributed by atoms with Crippen LogP contribution >= 0.6 is 34.5 Å². The molecule has 4 aliphatic rings. The Balaban J connectivity index is 1.17. The van der Waals surface area contributed by atoms with Crippen LogP contribution in [0.2, 0.25) is 10.0 Å². The molecule has 4 aromatic rings. The maximum atomic E-state index is 11.4. The molecule has 4 aliphatic carbocycles. The molecule has 4 fully saturated rings. The monoisotopic (exact) mass is 565 g/mol. The molecular weight excluding hydrogens is 541 g/mol. The molecule has 194 valence electrons. The molecular formula is C29H25Cl2N3O3S. The van der Waals surface area contributed by atoms with E-state index in [-0.39, 0.29) is 10.8 Å².